The zero-order chi connectivity index (χ0) is 23.5. The van der Waals surface area contributed by atoms with Gasteiger partial charge >= 0.3 is 0 Å². The summed E-state index contributed by atoms with van der Waals surface area (Å²) in [5.74, 6) is 0.703. The Morgan fingerprint density at radius 2 is 1.94 bits per heavy atom. The summed E-state index contributed by atoms with van der Waals surface area (Å²) in [4.78, 5) is 12.8. The quantitative estimate of drug-likeness (QED) is 0.361. The fourth-order valence-corrected chi connectivity index (χ4v) is 5.31. The number of hydrogen-bond acceptors (Lipinski definition) is 7. The molecular formula is C24H27ClN6O2. The van der Waals surface area contributed by atoms with E-state index in [1.807, 2.05) is 48.0 Å². The zero-order valence-corrected chi connectivity index (χ0v) is 19.3. The summed E-state index contributed by atoms with van der Waals surface area (Å²) in [6.07, 6.45) is 4.29. The lowest BCUT2D eigenvalue weighted by molar-refractivity contribution is -0.110. The van der Waals surface area contributed by atoms with Gasteiger partial charge in [0.2, 0.25) is 0 Å². The molecule has 4 atom stereocenters. The summed E-state index contributed by atoms with van der Waals surface area (Å²) in [6, 6.07) is 9.34. The number of hydrogen-bond donors (Lipinski definition) is 4. The minimum Gasteiger partial charge on any atom is -0.388 e. The number of rotatable bonds is 4. The van der Waals surface area contributed by atoms with E-state index >= 15 is 0 Å². The van der Waals surface area contributed by atoms with Gasteiger partial charge in [-0.3, -0.25) is 0 Å². The third-order valence-electron chi connectivity index (χ3n) is 7.55. The van der Waals surface area contributed by atoms with Crippen LogP contribution in [0.2, 0.25) is 5.02 Å². The average molecular weight is 467 g/mol. The van der Waals surface area contributed by atoms with Crippen molar-refractivity contribution in [2.24, 2.45) is 5.41 Å². The van der Waals surface area contributed by atoms with Crippen molar-refractivity contribution in [1.29, 1.82) is 0 Å². The number of aromatic nitrogens is 4. The van der Waals surface area contributed by atoms with Crippen molar-refractivity contribution in [3.8, 4) is 0 Å². The third-order valence-corrected chi connectivity index (χ3v) is 7.85. The largest absolute Gasteiger partial charge is 0.388 e. The molecule has 4 aromatic rings. The smallest absolute Gasteiger partial charge is 0.145 e. The van der Waals surface area contributed by atoms with Crippen LogP contribution in [0.4, 0.5) is 11.6 Å². The van der Waals surface area contributed by atoms with Gasteiger partial charge in [0, 0.05) is 17.0 Å². The first-order chi connectivity index (χ1) is 15.6. The van der Waals surface area contributed by atoms with Crippen molar-refractivity contribution in [2.75, 3.05) is 11.5 Å². The lowest BCUT2D eigenvalue weighted by Gasteiger charge is -2.38. The Balaban J connectivity index is 1.42. The summed E-state index contributed by atoms with van der Waals surface area (Å²) < 4.78 is 1.91. The van der Waals surface area contributed by atoms with Crippen molar-refractivity contribution in [3.63, 3.8) is 0 Å². The van der Waals surface area contributed by atoms with Crippen LogP contribution in [0.5, 0.6) is 0 Å². The van der Waals surface area contributed by atoms with Gasteiger partial charge < -0.3 is 26.2 Å². The van der Waals surface area contributed by atoms with Crippen LogP contribution < -0.4 is 11.5 Å². The number of benzene rings is 1. The van der Waals surface area contributed by atoms with Gasteiger partial charge in [0.05, 0.1) is 27.6 Å². The van der Waals surface area contributed by atoms with Crippen LogP contribution in [0, 0.1) is 5.41 Å². The van der Waals surface area contributed by atoms with E-state index in [1.165, 1.54) is 6.33 Å². The van der Waals surface area contributed by atoms with Gasteiger partial charge in [0.25, 0.3) is 0 Å². The molecule has 1 fully saturated rings. The number of pyridine rings is 1. The van der Waals surface area contributed by atoms with Crippen molar-refractivity contribution in [3.05, 3.63) is 53.4 Å². The molecule has 0 amide bonds. The number of halogens is 1. The summed E-state index contributed by atoms with van der Waals surface area (Å²) in [6.45, 7) is 3.75. The van der Waals surface area contributed by atoms with E-state index in [0.29, 0.717) is 41.6 Å². The second-order valence-electron chi connectivity index (χ2n) is 9.53. The van der Waals surface area contributed by atoms with Crippen LogP contribution in [0.3, 0.4) is 0 Å². The van der Waals surface area contributed by atoms with Crippen molar-refractivity contribution in [2.45, 2.75) is 50.9 Å². The van der Waals surface area contributed by atoms with E-state index in [0.717, 1.165) is 21.9 Å². The molecule has 0 spiro atoms. The zero-order valence-electron chi connectivity index (χ0n) is 18.5. The van der Waals surface area contributed by atoms with Crippen molar-refractivity contribution in [1.82, 2.24) is 19.5 Å². The molecule has 1 saturated carbocycles. The van der Waals surface area contributed by atoms with E-state index in [9.17, 15) is 10.2 Å². The summed E-state index contributed by atoms with van der Waals surface area (Å²) >= 11 is 6.08. The Hall–Kier alpha value is -2.94. The van der Waals surface area contributed by atoms with Crippen LogP contribution in [-0.2, 0) is 6.42 Å². The number of nitrogens with two attached hydrogens (primary N) is 2. The highest BCUT2D eigenvalue weighted by atomic mass is 35.5. The monoisotopic (exact) mass is 466 g/mol. The van der Waals surface area contributed by atoms with E-state index in [2.05, 4.69) is 15.0 Å². The Morgan fingerprint density at radius 1 is 1.15 bits per heavy atom. The maximum Gasteiger partial charge on any atom is 0.145 e. The first-order valence-electron chi connectivity index (χ1n) is 10.9. The molecule has 0 bridgehead atoms. The van der Waals surface area contributed by atoms with Crippen molar-refractivity contribution >= 4 is 45.2 Å². The highest BCUT2D eigenvalue weighted by Gasteiger charge is 2.58. The fourth-order valence-electron chi connectivity index (χ4n) is 5.15. The number of fused-ring (bicyclic) bond motifs is 2. The molecule has 1 aromatic carbocycles. The molecule has 8 nitrogen and oxygen atoms in total. The van der Waals surface area contributed by atoms with Gasteiger partial charge in [0.1, 0.15) is 29.7 Å². The van der Waals surface area contributed by atoms with Gasteiger partial charge in [-0.1, -0.05) is 30.7 Å². The van der Waals surface area contributed by atoms with Gasteiger partial charge in [-0.05, 0) is 49.9 Å². The minimum absolute atomic E-state index is 0.307. The molecule has 1 aliphatic rings. The summed E-state index contributed by atoms with van der Waals surface area (Å²) in [7, 11) is 0. The topological polar surface area (TPSA) is 136 Å². The van der Waals surface area contributed by atoms with Crippen LogP contribution in [-0.4, -0.2) is 41.4 Å². The predicted molar refractivity (Wildman–Crippen MR) is 130 cm³/mol. The molecule has 33 heavy (non-hydrogen) atoms. The first-order valence-corrected chi connectivity index (χ1v) is 11.3. The Morgan fingerprint density at radius 3 is 2.73 bits per heavy atom. The highest BCUT2D eigenvalue weighted by molar-refractivity contribution is 6.33. The molecule has 0 unspecified atom stereocenters. The summed E-state index contributed by atoms with van der Waals surface area (Å²) in [5.41, 5.74) is 12.5. The second-order valence-corrected chi connectivity index (χ2v) is 9.93. The number of aliphatic hydroxyl groups is 2. The number of anilines is 2. The maximum atomic E-state index is 11.4. The van der Waals surface area contributed by atoms with Crippen LogP contribution >= 0.6 is 11.6 Å². The molecule has 3 aromatic heterocycles. The molecule has 0 radical (unpaired) electrons. The lowest BCUT2D eigenvalue weighted by atomic mass is 9.72. The number of aryl methyl sites for hydroxylation is 1. The number of aliphatic hydroxyl groups excluding tert-OH is 1. The minimum atomic E-state index is -1.29. The maximum absolute atomic E-state index is 11.4. The first kappa shape index (κ1) is 21.9. The number of nitrogens with zero attached hydrogens (tertiary/aromatic N) is 4. The second kappa shape index (κ2) is 7.55. The molecule has 1 aliphatic carbocycles. The molecule has 0 saturated heterocycles. The van der Waals surface area contributed by atoms with Crippen molar-refractivity contribution < 1.29 is 10.2 Å². The fraction of sp³-hybridized carbons (Fsp3) is 0.375. The Bertz CT molecular complexity index is 1370. The molecule has 172 valence electrons. The van der Waals surface area contributed by atoms with Crippen LogP contribution in [0.15, 0.2) is 42.9 Å². The normalized spacial score (nSPS) is 27.5. The molecule has 0 aliphatic heterocycles. The third kappa shape index (κ3) is 3.40. The molecule has 5 rings (SSSR count). The van der Waals surface area contributed by atoms with E-state index in [1.54, 1.807) is 6.92 Å². The molecule has 6 N–H and O–H groups in total. The van der Waals surface area contributed by atoms with Gasteiger partial charge in [-0.25, -0.2) is 15.0 Å². The summed E-state index contributed by atoms with van der Waals surface area (Å²) in [5, 5.41) is 24.7. The Labute approximate surface area is 196 Å². The molecule has 3 heterocycles. The van der Waals surface area contributed by atoms with E-state index in [-0.39, 0.29) is 6.04 Å². The van der Waals surface area contributed by atoms with E-state index < -0.39 is 17.1 Å². The average Bonchev–Trinajstić information content (AvgIpc) is 3.28. The molecular weight excluding hydrogens is 440 g/mol. The van der Waals surface area contributed by atoms with E-state index in [4.69, 9.17) is 23.1 Å². The van der Waals surface area contributed by atoms with Crippen LogP contribution in [0.1, 0.15) is 38.3 Å². The number of nitrogen functional groups attached to an aromatic ring is 2. The van der Waals surface area contributed by atoms with Gasteiger partial charge in [-0.2, -0.15) is 0 Å². The van der Waals surface area contributed by atoms with Gasteiger partial charge in [-0.15, -0.1) is 0 Å². The Kier molecular flexibility index (Phi) is 5.00. The SMILES string of the molecule is C[C@]1(CCc2ccc3cc(Cl)c(N)nc3c2)C[C@@H](n2ccc3c(N)ncnc32)[C@H](O)[C@]1(C)O. The van der Waals surface area contributed by atoms with Crippen LogP contribution in [0.25, 0.3) is 21.9 Å². The van der Waals surface area contributed by atoms with Gasteiger partial charge in [0.15, 0.2) is 0 Å². The molecule has 9 heteroatoms. The highest BCUT2D eigenvalue weighted by Crippen LogP contribution is 2.54. The standard InChI is InChI=1S/C24H27ClN6O2/c1-23(7-5-13-3-4-14-10-16(25)21(27)30-17(14)9-13)11-18(19(32)24(23,2)33)31-8-6-15-20(26)28-12-29-22(15)31/h3-4,6,8-10,12,18-19,32-33H,5,7,11H2,1-2H3,(H2,27,30)(H2,26,28,29)/t18-,19+,23+,24+/m1/s1. The lowest BCUT2D eigenvalue weighted by Crippen LogP contribution is -2.47. The predicted octanol–water partition coefficient (Wildman–Crippen LogP) is 3.49.